The molecule has 0 aliphatic rings. The van der Waals surface area contributed by atoms with Crippen LogP contribution in [-0.4, -0.2) is 27.3 Å². The lowest BCUT2D eigenvalue weighted by molar-refractivity contribution is 0.575. The van der Waals surface area contributed by atoms with Crippen molar-refractivity contribution >= 4 is 11.8 Å². The fraction of sp³-hybridized carbons (Fsp3) is 0.769. The molecule has 0 saturated heterocycles. The quantitative estimate of drug-likeness (QED) is 0.847. The third kappa shape index (κ3) is 5.13. The Morgan fingerprint density at radius 3 is 2.71 bits per heavy atom. The average Bonchev–Trinajstić information content (AvgIpc) is 2.67. The van der Waals surface area contributed by atoms with Gasteiger partial charge < -0.3 is 5.32 Å². The van der Waals surface area contributed by atoms with Gasteiger partial charge in [-0.2, -0.15) is 16.9 Å². The summed E-state index contributed by atoms with van der Waals surface area (Å²) in [5.41, 5.74) is 1.29. The largest absolute Gasteiger partial charge is 0.313 e. The predicted molar refractivity (Wildman–Crippen MR) is 76.5 cm³/mol. The van der Waals surface area contributed by atoms with Gasteiger partial charge in [-0.25, -0.2) is 0 Å². The lowest BCUT2D eigenvalue weighted by Crippen LogP contribution is -2.14. The summed E-state index contributed by atoms with van der Waals surface area (Å²) in [6.45, 7) is 9.93. The van der Waals surface area contributed by atoms with Crippen LogP contribution < -0.4 is 5.32 Å². The standard InChI is InChI=1S/C13H25N3S/c1-6-12(14-5)11-9-15-16(10-11)7-8-17-13(2,3)4/h9-10,12,14H,6-8H2,1-5H3. The third-order valence-electron chi connectivity index (χ3n) is 2.67. The van der Waals surface area contributed by atoms with Gasteiger partial charge in [-0.05, 0) is 13.5 Å². The Kier molecular flexibility index (Phi) is 5.53. The maximum Gasteiger partial charge on any atom is 0.0537 e. The molecule has 1 heterocycles. The van der Waals surface area contributed by atoms with Crippen LogP contribution in [0.3, 0.4) is 0 Å². The number of hydrogen-bond acceptors (Lipinski definition) is 3. The monoisotopic (exact) mass is 255 g/mol. The highest BCUT2D eigenvalue weighted by Gasteiger charge is 2.11. The minimum Gasteiger partial charge on any atom is -0.313 e. The zero-order valence-corrected chi connectivity index (χ0v) is 12.5. The topological polar surface area (TPSA) is 29.9 Å². The maximum atomic E-state index is 4.42. The molecule has 1 unspecified atom stereocenters. The molecular weight excluding hydrogens is 230 g/mol. The lowest BCUT2D eigenvalue weighted by atomic mass is 10.1. The molecule has 0 saturated carbocycles. The van der Waals surface area contributed by atoms with Crippen molar-refractivity contribution in [1.29, 1.82) is 0 Å². The molecule has 1 atom stereocenters. The second-order valence-corrected chi connectivity index (χ2v) is 7.17. The molecule has 98 valence electrons. The molecular formula is C13H25N3S. The fourth-order valence-electron chi connectivity index (χ4n) is 1.73. The molecule has 0 aliphatic carbocycles. The molecule has 0 spiro atoms. The summed E-state index contributed by atoms with van der Waals surface area (Å²) in [4.78, 5) is 0. The van der Waals surface area contributed by atoms with Gasteiger partial charge in [-0.1, -0.05) is 27.7 Å². The molecule has 0 aliphatic heterocycles. The highest BCUT2D eigenvalue weighted by molar-refractivity contribution is 8.00. The van der Waals surface area contributed by atoms with Gasteiger partial charge >= 0.3 is 0 Å². The molecule has 17 heavy (non-hydrogen) atoms. The molecule has 0 fully saturated rings. The zero-order chi connectivity index (χ0) is 12.9. The van der Waals surface area contributed by atoms with Crippen molar-refractivity contribution in [1.82, 2.24) is 15.1 Å². The van der Waals surface area contributed by atoms with Gasteiger partial charge in [0.05, 0.1) is 6.20 Å². The van der Waals surface area contributed by atoms with Gasteiger partial charge in [0.1, 0.15) is 0 Å². The van der Waals surface area contributed by atoms with Gasteiger partial charge in [0.25, 0.3) is 0 Å². The lowest BCUT2D eigenvalue weighted by Gasteiger charge is -2.17. The van der Waals surface area contributed by atoms with E-state index in [-0.39, 0.29) is 0 Å². The molecule has 0 amide bonds. The molecule has 0 bridgehead atoms. The van der Waals surface area contributed by atoms with Gasteiger partial charge in [-0.3, -0.25) is 4.68 Å². The SMILES string of the molecule is CCC(NC)c1cnn(CCSC(C)(C)C)c1. The number of aromatic nitrogens is 2. The van der Waals surface area contributed by atoms with E-state index in [2.05, 4.69) is 44.3 Å². The molecule has 4 heteroatoms. The van der Waals surface area contributed by atoms with E-state index in [1.807, 2.05) is 29.7 Å². The maximum absolute atomic E-state index is 4.42. The smallest absolute Gasteiger partial charge is 0.0537 e. The summed E-state index contributed by atoms with van der Waals surface area (Å²) in [6, 6.07) is 0.430. The first-order valence-electron chi connectivity index (χ1n) is 6.30. The summed E-state index contributed by atoms with van der Waals surface area (Å²) in [6.07, 6.45) is 5.24. The van der Waals surface area contributed by atoms with E-state index in [9.17, 15) is 0 Å². The normalized spacial score (nSPS) is 13.9. The number of nitrogens with one attached hydrogen (secondary N) is 1. The van der Waals surface area contributed by atoms with Crippen molar-refractivity contribution in [2.24, 2.45) is 0 Å². The van der Waals surface area contributed by atoms with Crippen LogP contribution in [0, 0.1) is 0 Å². The van der Waals surface area contributed by atoms with Crippen LogP contribution in [0.1, 0.15) is 45.7 Å². The molecule has 3 nitrogen and oxygen atoms in total. The van der Waals surface area contributed by atoms with Crippen LogP contribution >= 0.6 is 11.8 Å². The van der Waals surface area contributed by atoms with E-state index in [0.29, 0.717) is 10.8 Å². The van der Waals surface area contributed by atoms with E-state index >= 15 is 0 Å². The van der Waals surface area contributed by atoms with E-state index in [4.69, 9.17) is 0 Å². The van der Waals surface area contributed by atoms with Crippen molar-refractivity contribution in [2.75, 3.05) is 12.8 Å². The van der Waals surface area contributed by atoms with Crippen molar-refractivity contribution in [3.05, 3.63) is 18.0 Å². The molecule has 1 aromatic heterocycles. The molecule has 0 aromatic carbocycles. The van der Waals surface area contributed by atoms with Crippen LogP contribution in [-0.2, 0) is 6.54 Å². The second kappa shape index (κ2) is 6.45. The third-order valence-corrected chi connectivity index (χ3v) is 3.92. The van der Waals surface area contributed by atoms with Crippen LogP contribution in [0.5, 0.6) is 0 Å². The Hall–Kier alpha value is -0.480. The highest BCUT2D eigenvalue weighted by atomic mass is 32.2. The molecule has 0 radical (unpaired) electrons. The van der Waals surface area contributed by atoms with Crippen LogP contribution in [0.2, 0.25) is 0 Å². The van der Waals surface area contributed by atoms with Crippen LogP contribution in [0.4, 0.5) is 0 Å². The van der Waals surface area contributed by atoms with Gasteiger partial charge in [0.2, 0.25) is 0 Å². The number of nitrogens with zero attached hydrogens (tertiary/aromatic N) is 2. The van der Waals surface area contributed by atoms with Gasteiger partial charge in [0, 0.05) is 34.8 Å². The Balaban J connectivity index is 2.46. The number of aryl methyl sites for hydroxylation is 1. The number of hydrogen-bond donors (Lipinski definition) is 1. The number of rotatable bonds is 6. The highest BCUT2D eigenvalue weighted by Crippen LogP contribution is 2.23. The van der Waals surface area contributed by atoms with Crippen molar-refractivity contribution in [3.63, 3.8) is 0 Å². The van der Waals surface area contributed by atoms with Crippen molar-refractivity contribution in [2.45, 2.75) is 51.4 Å². The van der Waals surface area contributed by atoms with Crippen LogP contribution in [0.25, 0.3) is 0 Å². The Morgan fingerprint density at radius 2 is 2.18 bits per heavy atom. The fourth-order valence-corrected chi connectivity index (χ4v) is 2.62. The predicted octanol–water partition coefficient (Wildman–Crippen LogP) is 3.09. The Labute approximate surface area is 109 Å². The summed E-state index contributed by atoms with van der Waals surface area (Å²) in [5, 5.41) is 7.72. The van der Waals surface area contributed by atoms with E-state index < -0.39 is 0 Å². The number of thioether (sulfide) groups is 1. The summed E-state index contributed by atoms with van der Waals surface area (Å²) in [5.74, 6) is 1.11. The van der Waals surface area contributed by atoms with Gasteiger partial charge in [-0.15, -0.1) is 0 Å². The van der Waals surface area contributed by atoms with E-state index in [1.165, 1.54) is 5.56 Å². The molecule has 1 N–H and O–H groups in total. The molecule has 1 rings (SSSR count). The summed E-state index contributed by atoms with van der Waals surface area (Å²) in [7, 11) is 2.00. The van der Waals surface area contributed by atoms with E-state index in [1.54, 1.807) is 0 Å². The van der Waals surface area contributed by atoms with E-state index in [0.717, 1.165) is 18.7 Å². The Morgan fingerprint density at radius 1 is 1.47 bits per heavy atom. The first kappa shape index (κ1) is 14.6. The van der Waals surface area contributed by atoms with Gasteiger partial charge in [0.15, 0.2) is 0 Å². The minimum atomic E-state index is 0.340. The van der Waals surface area contributed by atoms with Crippen LogP contribution in [0.15, 0.2) is 12.4 Å². The second-order valence-electron chi connectivity index (χ2n) is 5.25. The van der Waals surface area contributed by atoms with Crippen molar-refractivity contribution in [3.8, 4) is 0 Å². The minimum absolute atomic E-state index is 0.340. The average molecular weight is 255 g/mol. The van der Waals surface area contributed by atoms with Crippen molar-refractivity contribution < 1.29 is 0 Å². The first-order valence-corrected chi connectivity index (χ1v) is 7.28. The summed E-state index contributed by atoms with van der Waals surface area (Å²) >= 11 is 1.98. The summed E-state index contributed by atoms with van der Waals surface area (Å²) < 4.78 is 2.39. The zero-order valence-electron chi connectivity index (χ0n) is 11.7. The Bertz CT molecular complexity index is 324. The first-order chi connectivity index (χ1) is 7.96. The molecule has 1 aromatic rings.